The second kappa shape index (κ2) is 8.65. The van der Waals surface area contributed by atoms with Crippen molar-refractivity contribution < 1.29 is 30.4 Å². The second-order valence-corrected chi connectivity index (χ2v) is 10.5. The quantitative estimate of drug-likeness (QED) is 0.419. The minimum Gasteiger partial charge on any atom is -0.468 e. The smallest absolute Gasteiger partial charge is 0.422 e. The van der Waals surface area contributed by atoms with Crippen molar-refractivity contribution in [1.82, 2.24) is 30.2 Å². The fourth-order valence-corrected chi connectivity index (χ4v) is 6.56. The van der Waals surface area contributed by atoms with Crippen LogP contribution in [0, 0.1) is 23.7 Å². The number of amides is 2. The van der Waals surface area contributed by atoms with Crippen molar-refractivity contribution in [3.63, 3.8) is 0 Å². The molecule has 0 radical (unpaired) electrons. The topological polar surface area (TPSA) is 104 Å². The number of pyridine rings is 1. The van der Waals surface area contributed by atoms with Gasteiger partial charge in [-0.15, -0.1) is 0 Å². The molecule has 4 aromatic rings. The lowest BCUT2D eigenvalue weighted by atomic mass is 9.60. The van der Waals surface area contributed by atoms with Crippen LogP contribution in [0.5, 0.6) is 5.88 Å². The molecule has 4 atom stereocenters. The maximum atomic E-state index is 13.4. The number of benzene rings is 2. The number of H-pyrrole nitrogens is 1. The van der Waals surface area contributed by atoms with Crippen molar-refractivity contribution >= 4 is 33.6 Å². The van der Waals surface area contributed by atoms with Crippen molar-refractivity contribution in [3.05, 3.63) is 59.8 Å². The van der Waals surface area contributed by atoms with Gasteiger partial charge in [0.05, 0.1) is 0 Å². The summed E-state index contributed by atoms with van der Waals surface area (Å²) in [5.41, 5.74) is 1.98. The maximum absolute atomic E-state index is 13.4. The number of carbonyl (C=O) groups excluding carboxylic acids is 2. The van der Waals surface area contributed by atoms with Gasteiger partial charge in [-0.3, -0.25) is 9.59 Å². The Morgan fingerprint density at radius 2 is 1.54 bits per heavy atom. The molecule has 2 amide bonds. The number of likely N-dealkylation sites (tertiary alicyclic amines) is 2. The lowest BCUT2D eigenvalue weighted by Gasteiger charge is -2.42. The van der Waals surface area contributed by atoms with Gasteiger partial charge in [-0.2, -0.15) is 28.6 Å². The summed E-state index contributed by atoms with van der Waals surface area (Å²) in [4.78, 5) is 34.4. The maximum Gasteiger partial charge on any atom is 0.422 e. The third kappa shape index (κ3) is 4.05. The van der Waals surface area contributed by atoms with Gasteiger partial charge in [0.15, 0.2) is 6.61 Å². The molecule has 2 aromatic heterocycles. The van der Waals surface area contributed by atoms with Crippen LogP contribution in [0.25, 0.3) is 21.8 Å². The van der Waals surface area contributed by atoms with E-state index in [2.05, 4.69) is 20.4 Å². The Morgan fingerprint density at radius 3 is 2.23 bits per heavy atom. The van der Waals surface area contributed by atoms with Crippen LogP contribution in [0.15, 0.2) is 48.5 Å². The van der Waals surface area contributed by atoms with Gasteiger partial charge < -0.3 is 14.5 Å². The van der Waals surface area contributed by atoms with Crippen LogP contribution in [0.3, 0.4) is 0 Å². The summed E-state index contributed by atoms with van der Waals surface area (Å²) in [6.07, 6.45) is -4.52. The molecule has 2 unspecified atom stereocenters. The zero-order chi connectivity index (χ0) is 26.9. The SMILES string of the molecule is O=C(c1ccc2n[nH]nc2c1)N1C[C@@H]2C3CN(C(=O)c4cc5ccccc5c(OCC(F)(F)F)n4)CC3[C@@H]2C1.[HH].[HH]. The number of nitrogens with zero attached hydrogens (tertiary/aromatic N) is 5. The fraction of sp³-hybridized carbons (Fsp3) is 0.370. The van der Waals surface area contributed by atoms with Gasteiger partial charge >= 0.3 is 6.18 Å². The van der Waals surface area contributed by atoms with E-state index in [1.165, 1.54) is 0 Å². The molecule has 3 fully saturated rings. The number of hydrogen-bond donors (Lipinski definition) is 1. The van der Waals surface area contributed by atoms with Crippen molar-refractivity contribution in [2.45, 2.75) is 6.18 Å². The van der Waals surface area contributed by atoms with Crippen LogP contribution in [0.1, 0.15) is 23.7 Å². The molecule has 12 heteroatoms. The number of hydrogen-bond acceptors (Lipinski definition) is 6. The molecule has 1 N–H and O–H groups in total. The standard InChI is InChI=1S/C27H23F3N6O3.2H2/c28-27(29,30)13-39-24-16-4-2-1-3-14(16)7-23(31-24)26(38)36-11-19-17-9-35(10-18(17)20(19)12-36)25(37)15-5-6-21-22(8-15)33-34-32-21;;/h1-8,17-20H,9-13H2,(H,32,33,34);2*1H/t17-,18+,19?,20?;;. The highest BCUT2D eigenvalue weighted by molar-refractivity contribution is 5.99. The summed E-state index contributed by atoms with van der Waals surface area (Å²) < 4.78 is 43.4. The van der Waals surface area contributed by atoms with Gasteiger partial charge in [-0.05, 0) is 59.4 Å². The predicted molar refractivity (Wildman–Crippen MR) is 137 cm³/mol. The highest BCUT2D eigenvalue weighted by Gasteiger charge is 2.59. The molecule has 0 bridgehead atoms. The first kappa shape index (κ1) is 23.9. The van der Waals surface area contributed by atoms with Crippen LogP contribution in [-0.4, -0.2) is 81.0 Å². The third-order valence-corrected chi connectivity index (χ3v) is 8.36. The van der Waals surface area contributed by atoms with Crippen LogP contribution < -0.4 is 4.74 Å². The third-order valence-electron chi connectivity index (χ3n) is 8.36. The van der Waals surface area contributed by atoms with Gasteiger partial charge in [-0.25, -0.2) is 4.98 Å². The summed E-state index contributed by atoms with van der Waals surface area (Å²) in [6.45, 7) is 0.844. The number of carbonyl (C=O) groups is 2. The molecule has 2 aliphatic heterocycles. The zero-order valence-corrected chi connectivity index (χ0v) is 20.6. The largest absolute Gasteiger partial charge is 0.468 e. The van der Waals surface area contributed by atoms with E-state index in [4.69, 9.17) is 4.74 Å². The number of aromatic amines is 1. The first-order valence-electron chi connectivity index (χ1n) is 12.7. The zero-order valence-electron chi connectivity index (χ0n) is 20.6. The number of ether oxygens (including phenoxy) is 1. The van der Waals surface area contributed by atoms with Crippen molar-refractivity contribution in [3.8, 4) is 5.88 Å². The molecular weight excluding hydrogens is 513 g/mol. The number of fused-ring (bicyclic) bond motifs is 6. The van der Waals surface area contributed by atoms with Gasteiger partial charge in [-0.1, -0.05) is 18.2 Å². The minimum atomic E-state index is -4.52. The molecule has 3 aliphatic rings. The summed E-state index contributed by atoms with van der Waals surface area (Å²) in [5.74, 6) is 0.606. The Hall–Kier alpha value is -4.22. The molecule has 204 valence electrons. The van der Waals surface area contributed by atoms with Gasteiger partial charge in [0, 0.05) is 40.0 Å². The van der Waals surface area contributed by atoms with Gasteiger partial charge in [0.1, 0.15) is 16.7 Å². The second-order valence-electron chi connectivity index (χ2n) is 10.5. The Morgan fingerprint density at radius 1 is 0.897 bits per heavy atom. The number of rotatable bonds is 4. The summed E-state index contributed by atoms with van der Waals surface area (Å²) in [5, 5.41) is 11.6. The van der Waals surface area contributed by atoms with Gasteiger partial charge in [0.2, 0.25) is 5.88 Å². The van der Waals surface area contributed by atoms with Crippen LogP contribution >= 0.6 is 0 Å². The van der Waals surface area contributed by atoms with E-state index in [0.717, 1.165) is 0 Å². The number of alkyl halides is 3. The molecule has 39 heavy (non-hydrogen) atoms. The molecule has 2 saturated heterocycles. The first-order valence-corrected chi connectivity index (χ1v) is 12.7. The fourth-order valence-electron chi connectivity index (χ4n) is 6.56. The lowest BCUT2D eigenvalue weighted by molar-refractivity contribution is -0.153. The van der Waals surface area contributed by atoms with E-state index < -0.39 is 12.8 Å². The highest BCUT2D eigenvalue weighted by atomic mass is 19.4. The van der Waals surface area contributed by atoms with Crippen LogP contribution in [0.2, 0.25) is 0 Å². The van der Waals surface area contributed by atoms with E-state index in [9.17, 15) is 22.8 Å². The summed E-state index contributed by atoms with van der Waals surface area (Å²) in [7, 11) is 0. The Balaban J connectivity index is 0.00000169. The summed E-state index contributed by atoms with van der Waals surface area (Å²) >= 11 is 0. The predicted octanol–water partition coefficient (Wildman–Crippen LogP) is 4.03. The van der Waals surface area contributed by atoms with E-state index in [-0.39, 0.29) is 38.1 Å². The average molecular weight is 541 g/mol. The molecule has 0 spiro atoms. The lowest BCUT2D eigenvalue weighted by Crippen LogP contribution is -2.44. The molecule has 1 saturated carbocycles. The van der Waals surface area contributed by atoms with E-state index in [1.54, 1.807) is 53.4 Å². The first-order chi connectivity index (χ1) is 18.7. The molecule has 1 aliphatic carbocycles. The number of nitrogens with one attached hydrogen (secondary N) is 1. The molecule has 9 nitrogen and oxygen atoms in total. The van der Waals surface area contributed by atoms with Crippen molar-refractivity contribution in [2.24, 2.45) is 23.7 Å². The molecular formula is C27H27F3N6O3. The average Bonchev–Trinajstić information content (AvgIpc) is 3.64. The molecule has 4 heterocycles. The normalized spacial score (nSPS) is 24.1. The van der Waals surface area contributed by atoms with Gasteiger partial charge in [0.25, 0.3) is 11.8 Å². The van der Waals surface area contributed by atoms with E-state index in [0.29, 0.717) is 65.4 Å². The minimum absolute atomic E-state index is 0. The number of aromatic nitrogens is 4. The monoisotopic (exact) mass is 540 g/mol. The van der Waals surface area contributed by atoms with Crippen LogP contribution in [0.4, 0.5) is 13.2 Å². The molecule has 7 rings (SSSR count). The summed E-state index contributed by atoms with van der Waals surface area (Å²) in [6, 6.07) is 13.7. The number of halogens is 3. The van der Waals surface area contributed by atoms with Crippen molar-refractivity contribution in [1.29, 1.82) is 0 Å². The highest BCUT2D eigenvalue weighted by Crippen LogP contribution is 2.54. The Kier molecular flexibility index (Phi) is 5.29. The Labute approximate surface area is 222 Å². The molecule has 2 aromatic carbocycles. The van der Waals surface area contributed by atoms with E-state index >= 15 is 0 Å². The van der Waals surface area contributed by atoms with E-state index in [1.807, 2.05) is 4.90 Å². The Bertz CT molecular complexity index is 1610. The van der Waals surface area contributed by atoms with Crippen LogP contribution in [-0.2, 0) is 0 Å². The van der Waals surface area contributed by atoms with Crippen molar-refractivity contribution in [2.75, 3.05) is 32.8 Å².